The van der Waals surface area contributed by atoms with Gasteiger partial charge < -0.3 is 10.1 Å². The lowest BCUT2D eigenvalue weighted by Gasteiger charge is -2.06. The van der Waals surface area contributed by atoms with Crippen LogP contribution in [0.1, 0.15) is 13.8 Å². The SMILES string of the molecule is CCOC(=O)CSc1ncncc1NC(C)=O. The summed E-state index contributed by atoms with van der Waals surface area (Å²) in [6.45, 7) is 3.49. The smallest absolute Gasteiger partial charge is 0.316 e. The number of carbonyl (C=O) groups is 2. The van der Waals surface area contributed by atoms with Crippen molar-refractivity contribution in [2.24, 2.45) is 0 Å². The lowest BCUT2D eigenvalue weighted by Crippen LogP contribution is -2.10. The van der Waals surface area contributed by atoms with E-state index in [1.165, 1.54) is 31.2 Å². The molecule has 1 rings (SSSR count). The van der Waals surface area contributed by atoms with Gasteiger partial charge in [-0.25, -0.2) is 9.97 Å². The van der Waals surface area contributed by atoms with Crippen LogP contribution < -0.4 is 5.32 Å². The molecule has 0 fully saturated rings. The molecule has 0 aliphatic heterocycles. The van der Waals surface area contributed by atoms with Gasteiger partial charge in [-0.2, -0.15) is 0 Å². The van der Waals surface area contributed by atoms with Gasteiger partial charge in [-0.3, -0.25) is 9.59 Å². The average molecular weight is 255 g/mol. The molecule has 1 aromatic rings. The number of nitrogens with zero attached hydrogens (tertiary/aromatic N) is 2. The first kappa shape index (κ1) is 13.4. The third kappa shape index (κ3) is 4.81. The van der Waals surface area contributed by atoms with E-state index >= 15 is 0 Å². The summed E-state index contributed by atoms with van der Waals surface area (Å²) in [6.07, 6.45) is 2.85. The number of thioether (sulfide) groups is 1. The Labute approximate surface area is 103 Å². The average Bonchev–Trinajstić information content (AvgIpc) is 2.27. The summed E-state index contributed by atoms with van der Waals surface area (Å²) in [7, 11) is 0. The zero-order valence-corrected chi connectivity index (χ0v) is 10.4. The van der Waals surface area contributed by atoms with Gasteiger partial charge in [-0.05, 0) is 6.92 Å². The Morgan fingerprint density at radius 3 is 2.94 bits per heavy atom. The molecule has 1 aromatic heterocycles. The van der Waals surface area contributed by atoms with Crippen molar-refractivity contribution in [1.29, 1.82) is 0 Å². The van der Waals surface area contributed by atoms with E-state index in [9.17, 15) is 9.59 Å². The Kier molecular flexibility index (Phi) is 5.41. The van der Waals surface area contributed by atoms with Crippen molar-refractivity contribution in [2.45, 2.75) is 18.9 Å². The number of esters is 1. The lowest BCUT2D eigenvalue weighted by atomic mass is 10.5. The number of anilines is 1. The molecule has 0 spiro atoms. The second kappa shape index (κ2) is 6.85. The topological polar surface area (TPSA) is 81.2 Å². The fourth-order valence-electron chi connectivity index (χ4n) is 1.04. The molecule has 1 N–H and O–H groups in total. The standard InChI is InChI=1S/C10H13N3O3S/c1-3-16-9(15)5-17-10-8(13-7(2)14)4-11-6-12-10/h4,6H,3,5H2,1-2H3,(H,13,14). The van der Waals surface area contributed by atoms with E-state index < -0.39 is 0 Å². The molecule has 0 radical (unpaired) electrons. The summed E-state index contributed by atoms with van der Waals surface area (Å²) in [6, 6.07) is 0. The van der Waals surface area contributed by atoms with Crippen LogP contribution in [-0.4, -0.2) is 34.2 Å². The van der Waals surface area contributed by atoms with Crippen LogP contribution in [0.25, 0.3) is 0 Å². The van der Waals surface area contributed by atoms with Crippen LogP contribution in [0.4, 0.5) is 5.69 Å². The van der Waals surface area contributed by atoms with Gasteiger partial charge in [0.2, 0.25) is 5.91 Å². The Morgan fingerprint density at radius 2 is 2.29 bits per heavy atom. The first-order valence-electron chi connectivity index (χ1n) is 4.99. The van der Waals surface area contributed by atoms with E-state index in [1.54, 1.807) is 6.92 Å². The molecule has 0 atom stereocenters. The zero-order valence-electron chi connectivity index (χ0n) is 9.60. The number of carbonyl (C=O) groups excluding carboxylic acids is 2. The molecule has 0 bridgehead atoms. The fourth-order valence-corrected chi connectivity index (χ4v) is 1.76. The number of amides is 1. The molecule has 0 aliphatic rings. The minimum absolute atomic E-state index is 0.150. The van der Waals surface area contributed by atoms with E-state index in [0.29, 0.717) is 17.3 Å². The van der Waals surface area contributed by atoms with Crippen LogP contribution in [0.5, 0.6) is 0 Å². The highest BCUT2D eigenvalue weighted by molar-refractivity contribution is 8.00. The van der Waals surface area contributed by atoms with Crippen molar-refractivity contribution < 1.29 is 14.3 Å². The first-order valence-corrected chi connectivity index (χ1v) is 5.98. The first-order chi connectivity index (χ1) is 8.13. The van der Waals surface area contributed by atoms with Gasteiger partial charge >= 0.3 is 5.97 Å². The maximum absolute atomic E-state index is 11.2. The van der Waals surface area contributed by atoms with Gasteiger partial charge in [0.05, 0.1) is 24.2 Å². The molecular formula is C10H13N3O3S. The van der Waals surface area contributed by atoms with Crippen LogP contribution in [0.15, 0.2) is 17.6 Å². The second-order valence-electron chi connectivity index (χ2n) is 3.02. The molecule has 0 aromatic carbocycles. The number of aromatic nitrogens is 2. The Bertz CT molecular complexity index is 412. The minimum Gasteiger partial charge on any atom is -0.465 e. The predicted molar refractivity (Wildman–Crippen MR) is 63.7 cm³/mol. The number of hydrogen-bond donors (Lipinski definition) is 1. The molecule has 0 aliphatic carbocycles. The van der Waals surface area contributed by atoms with Crippen molar-refractivity contribution in [1.82, 2.24) is 9.97 Å². The molecule has 0 unspecified atom stereocenters. The number of rotatable bonds is 5. The normalized spacial score (nSPS) is 9.76. The molecule has 1 amide bonds. The highest BCUT2D eigenvalue weighted by Gasteiger charge is 2.09. The Morgan fingerprint density at radius 1 is 1.53 bits per heavy atom. The van der Waals surface area contributed by atoms with E-state index in [2.05, 4.69) is 15.3 Å². The molecule has 0 saturated carbocycles. The second-order valence-corrected chi connectivity index (χ2v) is 3.98. The summed E-state index contributed by atoms with van der Waals surface area (Å²) < 4.78 is 4.79. The summed E-state index contributed by atoms with van der Waals surface area (Å²) in [5.41, 5.74) is 0.495. The van der Waals surface area contributed by atoms with Gasteiger partial charge in [0.15, 0.2) is 0 Å². The number of hydrogen-bond acceptors (Lipinski definition) is 6. The molecule has 0 saturated heterocycles. The van der Waals surface area contributed by atoms with Gasteiger partial charge in [0, 0.05) is 6.92 Å². The quantitative estimate of drug-likeness (QED) is 0.482. The van der Waals surface area contributed by atoms with Crippen molar-refractivity contribution in [3.05, 3.63) is 12.5 Å². The third-order valence-electron chi connectivity index (χ3n) is 1.62. The fraction of sp³-hybridized carbons (Fsp3) is 0.400. The van der Waals surface area contributed by atoms with Gasteiger partial charge in [0.25, 0.3) is 0 Å². The molecule has 6 nitrogen and oxygen atoms in total. The number of nitrogens with one attached hydrogen (secondary N) is 1. The Hall–Kier alpha value is -1.63. The van der Waals surface area contributed by atoms with Gasteiger partial charge in [0.1, 0.15) is 11.4 Å². The molecule has 17 heavy (non-hydrogen) atoms. The summed E-state index contributed by atoms with van der Waals surface area (Å²) in [4.78, 5) is 29.9. The van der Waals surface area contributed by atoms with Crippen LogP contribution >= 0.6 is 11.8 Å². The number of ether oxygens (including phenoxy) is 1. The summed E-state index contributed by atoms with van der Waals surface area (Å²) in [5.74, 6) is -0.375. The van der Waals surface area contributed by atoms with Crippen LogP contribution in [0.3, 0.4) is 0 Å². The minimum atomic E-state index is -0.315. The van der Waals surface area contributed by atoms with E-state index in [0.717, 1.165) is 0 Å². The molecular weight excluding hydrogens is 242 g/mol. The highest BCUT2D eigenvalue weighted by atomic mass is 32.2. The third-order valence-corrected chi connectivity index (χ3v) is 2.60. The zero-order chi connectivity index (χ0) is 12.7. The lowest BCUT2D eigenvalue weighted by molar-refractivity contribution is -0.139. The van der Waals surface area contributed by atoms with E-state index in [-0.39, 0.29) is 17.6 Å². The van der Waals surface area contributed by atoms with Gasteiger partial charge in [-0.15, -0.1) is 0 Å². The van der Waals surface area contributed by atoms with E-state index in [1.807, 2.05) is 0 Å². The largest absolute Gasteiger partial charge is 0.465 e. The maximum Gasteiger partial charge on any atom is 0.316 e. The maximum atomic E-state index is 11.2. The molecule has 7 heteroatoms. The summed E-state index contributed by atoms with van der Waals surface area (Å²) in [5, 5.41) is 3.14. The Balaban J connectivity index is 2.63. The molecule has 1 heterocycles. The highest BCUT2D eigenvalue weighted by Crippen LogP contribution is 2.23. The van der Waals surface area contributed by atoms with Crippen LogP contribution in [0.2, 0.25) is 0 Å². The predicted octanol–water partition coefficient (Wildman–Crippen LogP) is 1.09. The van der Waals surface area contributed by atoms with Crippen molar-refractivity contribution in [3.8, 4) is 0 Å². The summed E-state index contributed by atoms with van der Waals surface area (Å²) >= 11 is 1.20. The van der Waals surface area contributed by atoms with Crippen LogP contribution in [0, 0.1) is 0 Å². The van der Waals surface area contributed by atoms with Crippen LogP contribution in [-0.2, 0) is 14.3 Å². The molecule has 92 valence electrons. The monoisotopic (exact) mass is 255 g/mol. The van der Waals surface area contributed by atoms with Crippen molar-refractivity contribution in [2.75, 3.05) is 17.7 Å². The van der Waals surface area contributed by atoms with Crippen molar-refractivity contribution in [3.63, 3.8) is 0 Å². The van der Waals surface area contributed by atoms with E-state index in [4.69, 9.17) is 4.74 Å². The van der Waals surface area contributed by atoms with Crippen molar-refractivity contribution >= 4 is 29.3 Å². The van der Waals surface area contributed by atoms with Gasteiger partial charge in [-0.1, -0.05) is 11.8 Å².